The Labute approximate surface area is 89.2 Å². The molecule has 2 atom stereocenters. The summed E-state index contributed by atoms with van der Waals surface area (Å²) in [5.74, 6) is 0.190. The van der Waals surface area contributed by atoms with Crippen LogP contribution < -0.4 is 11.2 Å². The highest BCUT2D eigenvalue weighted by Crippen LogP contribution is 2.24. The largest absolute Gasteiger partial charge is 0.469 e. The van der Waals surface area contributed by atoms with E-state index in [0.29, 0.717) is 0 Å². The van der Waals surface area contributed by atoms with Crippen LogP contribution in [-0.4, -0.2) is 32.5 Å². The zero-order chi connectivity index (χ0) is 11.7. The SMILES string of the molecule is O=c1ccn([C@@H]2OC(CO)=C[C@H]2O)c(=O)[nH]1. The molecule has 0 bridgehead atoms. The fourth-order valence-corrected chi connectivity index (χ4v) is 1.48. The molecule has 1 aromatic rings. The van der Waals surface area contributed by atoms with Crippen molar-refractivity contribution >= 4 is 0 Å². The third-order valence-electron chi connectivity index (χ3n) is 2.20. The van der Waals surface area contributed by atoms with Crippen LogP contribution in [0, 0.1) is 0 Å². The van der Waals surface area contributed by atoms with Crippen LogP contribution in [0.25, 0.3) is 0 Å². The highest BCUT2D eigenvalue weighted by molar-refractivity contribution is 5.06. The third-order valence-corrected chi connectivity index (χ3v) is 2.20. The van der Waals surface area contributed by atoms with Crippen molar-refractivity contribution < 1.29 is 14.9 Å². The molecule has 0 radical (unpaired) electrons. The lowest BCUT2D eigenvalue weighted by atomic mass is 10.3. The molecule has 0 fully saturated rings. The van der Waals surface area contributed by atoms with Gasteiger partial charge in [-0.3, -0.25) is 14.3 Å². The van der Waals surface area contributed by atoms with Gasteiger partial charge in [-0.1, -0.05) is 0 Å². The second-order valence-electron chi connectivity index (χ2n) is 3.31. The molecule has 0 saturated heterocycles. The molecule has 1 aromatic heterocycles. The summed E-state index contributed by atoms with van der Waals surface area (Å²) in [6.45, 7) is -0.355. The molecule has 2 rings (SSSR count). The van der Waals surface area contributed by atoms with Gasteiger partial charge in [0.25, 0.3) is 5.56 Å². The van der Waals surface area contributed by atoms with E-state index in [1.165, 1.54) is 12.3 Å². The van der Waals surface area contributed by atoms with Gasteiger partial charge < -0.3 is 14.9 Å². The van der Waals surface area contributed by atoms with Crippen molar-refractivity contribution in [3.8, 4) is 0 Å². The minimum Gasteiger partial charge on any atom is -0.469 e. The van der Waals surface area contributed by atoms with Crippen LogP contribution in [0.15, 0.2) is 33.7 Å². The van der Waals surface area contributed by atoms with Crippen LogP contribution in [0.4, 0.5) is 0 Å². The highest BCUT2D eigenvalue weighted by Gasteiger charge is 2.29. The van der Waals surface area contributed by atoms with Crippen molar-refractivity contribution in [2.75, 3.05) is 6.61 Å². The van der Waals surface area contributed by atoms with Gasteiger partial charge in [0.15, 0.2) is 0 Å². The molecule has 7 heteroatoms. The Morgan fingerprint density at radius 1 is 1.50 bits per heavy atom. The van der Waals surface area contributed by atoms with Gasteiger partial charge in [0.1, 0.15) is 18.5 Å². The lowest BCUT2D eigenvalue weighted by molar-refractivity contribution is -0.0104. The molecule has 0 amide bonds. The standard InChI is InChI=1S/C9H10N2O5/c12-4-5-3-6(13)8(16-5)11-2-1-7(14)10-9(11)15/h1-3,6,8,12-13H,4H2,(H,10,14,15)/t6-,8-/m1/s1. The first-order valence-electron chi connectivity index (χ1n) is 4.59. The summed E-state index contributed by atoms with van der Waals surface area (Å²) in [5, 5.41) is 18.4. The van der Waals surface area contributed by atoms with Crippen molar-refractivity contribution in [1.29, 1.82) is 0 Å². The van der Waals surface area contributed by atoms with Gasteiger partial charge in [-0.25, -0.2) is 4.79 Å². The predicted molar refractivity (Wildman–Crippen MR) is 52.6 cm³/mol. The number of aromatic amines is 1. The maximum atomic E-state index is 11.4. The Morgan fingerprint density at radius 2 is 2.25 bits per heavy atom. The minimum absolute atomic E-state index is 0.190. The van der Waals surface area contributed by atoms with E-state index in [1.54, 1.807) is 0 Å². The summed E-state index contributed by atoms with van der Waals surface area (Å²) in [7, 11) is 0. The Bertz CT molecular complexity index is 529. The summed E-state index contributed by atoms with van der Waals surface area (Å²) in [5.41, 5.74) is -1.20. The number of aromatic nitrogens is 2. The first kappa shape index (κ1) is 10.7. The molecule has 16 heavy (non-hydrogen) atoms. The number of ether oxygens (including phenoxy) is 1. The van der Waals surface area contributed by atoms with Gasteiger partial charge in [-0.2, -0.15) is 0 Å². The Kier molecular flexibility index (Phi) is 2.63. The van der Waals surface area contributed by atoms with Crippen LogP contribution in [0.1, 0.15) is 6.23 Å². The van der Waals surface area contributed by atoms with Crippen LogP contribution in [0.3, 0.4) is 0 Å². The minimum atomic E-state index is -1.04. The third kappa shape index (κ3) is 1.77. The smallest absolute Gasteiger partial charge is 0.331 e. The summed E-state index contributed by atoms with van der Waals surface area (Å²) >= 11 is 0. The fraction of sp³-hybridized carbons (Fsp3) is 0.333. The van der Waals surface area contributed by atoms with Crippen LogP contribution >= 0.6 is 0 Å². The number of nitrogens with zero attached hydrogens (tertiary/aromatic N) is 1. The number of aliphatic hydroxyl groups excluding tert-OH is 2. The van der Waals surface area contributed by atoms with E-state index < -0.39 is 23.6 Å². The van der Waals surface area contributed by atoms with E-state index in [0.717, 1.165) is 10.6 Å². The zero-order valence-electron chi connectivity index (χ0n) is 8.16. The van der Waals surface area contributed by atoms with Crippen LogP contribution in [0.5, 0.6) is 0 Å². The Morgan fingerprint density at radius 3 is 2.81 bits per heavy atom. The van der Waals surface area contributed by atoms with Crippen molar-refractivity contribution in [3.63, 3.8) is 0 Å². The molecule has 3 N–H and O–H groups in total. The second kappa shape index (κ2) is 3.95. The molecule has 1 aliphatic heterocycles. The second-order valence-corrected chi connectivity index (χ2v) is 3.31. The lowest BCUT2D eigenvalue weighted by Crippen LogP contribution is -2.35. The quantitative estimate of drug-likeness (QED) is 0.557. The molecule has 0 aromatic carbocycles. The summed E-state index contributed by atoms with van der Waals surface area (Å²) in [6.07, 6.45) is 0.545. The van der Waals surface area contributed by atoms with E-state index in [-0.39, 0.29) is 12.4 Å². The Hall–Kier alpha value is -1.86. The number of rotatable bonds is 2. The van der Waals surface area contributed by atoms with E-state index in [9.17, 15) is 14.7 Å². The van der Waals surface area contributed by atoms with Gasteiger partial charge in [-0.15, -0.1) is 0 Å². The van der Waals surface area contributed by atoms with Gasteiger partial charge >= 0.3 is 5.69 Å². The normalized spacial score (nSPS) is 24.0. The molecule has 0 unspecified atom stereocenters. The molecule has 1 aliphatic rings. The number of hydrogen-bond acceptors (Lipinski definition) is 5. The topological polar surface area (TPSA) is 105 Å². The van der Waals surface area contributed by atoms with E-state index in [1.807, 2.05) is 4.98 Å². The zero-order valence-corrected chi connectivity index (χ0v) is 8.16. The summed E-state index contributed by atoms with van der Waals surface area (Å²) in [6, 6.07) is 1.15. The molecule has 0 saturated carbocycles. The van der Waals surface area contributed by atoms with Gasteiger partial charge in [0.05, 0.1) is 0 Å². The monoisotopic (exact) mass is 226 g/mol. The number of nitrogens with one attached hydrogen (secondary N) is 1. The average Bonchev–Trinajstić information content (AvgIpc) is 2.60. The molecular formula is C9H10N2O5. The van der Waals surface area contributed by atoms with Crippen LogP contribution in [0.2, 0.25) is 0 Å². The van der Waals surface area contributed by atoms with Crippen molar-refractivity contribution in [3.05, 3.63) is 44.9 Å². The van der Waals surface area contributed by atoms with E-state index in [4.69, 9.17) is 9.84 Å². The molecule has 0 aliphatic carbocycles. The van der Waals surface area contributed by atoms with Crippen molar-refractivity contribution in [2.45, 2.75) is 12.3 Å². The first-order chi connectivity index (χ1) is 7.61. The fourth-order valence-electron chi connectivity index (χ4n) is 1.48. The highest BCUT2D eigenvalue weighted by atomic mass is 16.5. The molecule has 86 valence electrons. The van der Waals surface area contributed by atoms with Crippen molar-refractivity contribution in [2.24, 2.45) is 0 Å². The molecular weight excluding hydrogens is 216 g/mol. The number of H-pyrrole nitrogens is 1. The van der Waals surface area contributed by atoms with Gasteiger partial charge in [0.2, 0.25) is 6.23 Å². The van der Waals surface area contributed by atoms with Crippen molar-refractivity contribution in [1.82, 2.24) is 9.55 Å². The van der Waals surface area contributed by atoms with E-state index in [2.05, 4.69) is 0 Å². The van der Waals surface area contributed by atoms with E-state index >= 15 is 0 Å². The summed E-state index contributed by atoms with van der Waals surface area (Å²) in [4.78, 5) is 24.3. The number of aliphatic hydroxyl groups is 2. The van der Waals surface area contributed by atoms with Gasteiger partial charge in [-0.05, 0) is 6.08 Å². The lowest BCUT2D eigenvalue weighted by Gasteiger charge is -2.17. The first-order valence-corrected chi connectivity index (χ1v) is 4.59. The maximum absolute atomic E-state index is 11.4. The Balaban J connectivity index is 2.34. The maximum Gasteiger partial charge on any atom is 0.331 e. The molecule has 0 spiro atoms. The molecule has 7 nitrogen and oxygen atoms in total. The van der Waals surface area contributed by atoms with Crippen LogP contribution in [-0.2, 0) is 4.74 Å². The average molecular weight is 226 g/mol. The predicted octanol–water partition coefficient (Wildman–Crippen LogP) is -1.70. The van der Waals surface area contributed by atoms with Gasteiger partial charge in [0, 0.05) is 12.3 Å². The molecule has 2 heterocycles. The number of hydrogen-bond donors (Lipinski definition) is 3. The summed E-state index contributed by atoms with van der Waals surface area (Å²) < 4.78 is 6.18.